The lowest BCUT2D eigenvalue weighted by Gasteiger charge is -2.06. The van der Waals surface area contributed by atoms with Crippen molar-refractivity contribution in [3.05, 3.63) is 59.7 Å². The van der Waals surface area contributed by atoms with E-state index in [2.05, 4.69) is 6.92 Å². The van der Waals surface area contributed by atoms with E-state index in [0.717, 1.165) is 17.1 Å². The average Bonchev–Trinajstić information content (AvgIpc) is 2.74. The highest BCUT2D eigenvalue weighted by atomic mass is 32.2. The Labute approximate surface area is 177 Å². The van der Waals surface area contributed by atoms with Gasteiger partial charge in [0.1, 0.15) is 5.75 Å². The van der Waals surface area contributed by atoms with Gasteiger partial charge in [0.2, 0.25) is 0 Å². The van der Waals surface area contributed by atoms with Gasteiger partial charge in [-0.2, -0.15) is 0 Å². The van der Waals surface area contributed by atoms with Crippen molar-refractivity contribution in [2.75, 3.05) is 12.9 Å². The number of benzene rings is 2. The molecule has 2 N–H and O–H groups in total. The molecule has 0 spiro atoms. The summed E-state index contributed by atoms with van der Waals surface area (Å²) in [4.78, 5) is 22.1. The van der Waals surface area contributed by atoms with Crippen LogP contribution in [-0.4, -0.2) is 35.0 Å². The summed E-state index contributed by atoms with van der Waals surface area (Å²) in [5.41, 5.74) is 0.629. The topological polar surface area (TPSA) is 83.8 Å². The lowest BCUT2D eigenvalue weighted by molar-refractivity contribution is 0.0686. The molecule has 0 radical (unpaired) electrons. The van der Waals surface area contributed by atoms with E-state index in [-0.39, 0.29) is 0 Å². The van der Waals surface area contributed by atoms with Crippen LogP contribution < -0.4 is 4.74 Å². The highest BCUT2D eigenvalue weighted by Gasteiger charge is 2.02. The van der Waals surface area contributed by atoms with E-state index in [1.54, 1.807) is 60.3 Å². The maximum atomic E-state index is 10.7. The third-order valence-corrected chi connectivity index (χ3v) is 4.95. The van der Waals surface area contributed by atoms with E-state index >= 15 is 0 Å². The van der Waals surface area contributed by atoms with Gasteiger partial charge in [0, 0.05) is 4.90 Å². The standard InChI is InChI=1S/C15H22O3.C8H8O2S/c1-2-3-4-5-6-7-12-18-14-10-8-13(9-11-14)15(16)17;1-11-7-4-2-6(3-5-7)8(9)10/h8-11H,2-7,12H2,1H3,(H,16,17);2-5H,1H3,(H,9,10). The second kappa shape index (κ2) is 14.5. The van der Waals surface area contributed by atoms with Crippen molar-refractivity contribution in [3.63, 3.8) is 0 Å². The number of carboxylic acids is 2. The van der Waals surface area contributed by atoms with E-state index in [0.29, 0.717) is 17.7 Å². The van der Waals surface area contributed by atoms with Gasteiger partial charge in [-0.05, 0) is 61.2 Å². The Morgan fingerprint density at radius 3 is 1.76 bits per heavy atom. The van der Waals surface area contributed by atoms with Gasteiger partial charge in [-0.15, -0.1) is 11.8 Å². The zero-order valence-corrected chi connectivity index (χ0v) is 17.9. The van der Waals surface area contributed by atoms with Gasteiger partial charge in [-0.25, -0.2) is 9.59 Å². The molecule has 6 heteroatoms. The molecule has 0 aliphatic carbocycles. The zero-order chi connectivity index (χ0) is 21.5. The molecule has 2 aromatic carbocycles. The molecule has 2 rings (SSSR count). The number of hydrogen-bond acceptors (Lipinski definition) is 4. The number of rotatable bonds is 11. The smallest absolute Gasteiger partial charge is 0.335 e. The van der Waals surface area contributed by atoms with Crippen LogP contribution in [0, 0.1) is 0 Å². The Kier molecular flexibility index (Phi) is 12.3. The fourth-order valence-corrected chi connectivity index (χ4v) is 2.91. The average molecular weight is 419 g/mol. The third-order valence-electron chi connectivity index (χ3n) is 4.20. The van der Waals surface area contributed by atoms with Gasteiger partial charge in [0.15, 0.2) is 0 Å². The molecule has 29 heavy (non-hydrogen) atoms. The van der Waals surface area contributed by atoms with Crippen LogP contribution in [0.3, 0.4) is 0 Å². The normalized spacial score (nSPS) is 10.0. The molecule has 5 nitrogen and oxygen atoms in total. The first kappa shape index (κ1) is 24.6. The number of aromatic carboxylic acids is 2. The minimum Gasteiger partial charge on any atom is -0.494 e. The van der Waals surface area contributed by atoms with Crippen LogP contribution in [-0.2, 0) is 0 Å². The van der Waals surface area contributed by atoms with E-state index in [1.807, 2.05) is 6.26 Å². The number of carbonyl (C=O) groups is 2. The second-order valence-corrected chi connectivity index (χ2v) is 7.36. The van der Waals surface area contributed by atoms with E-state index in [4.69, 9.17) is 14.9 Å². The second-order valence-electron chi connectivity index (χ2n) is 6.48. The molecule has 0 unspecified atom stereocenters. The number of thioether (sulfide) groups is 1. The molecule has 0 heterocycles. The van der Waals surface area contributed by atoms with Crippen molar-refractivity contribution < 1.29 is 24.5 Å². The number of unbranched alkanes of at least 4 members (excludes halogenated alkanes) is 5. The molecule has 0 bridgehead atoms. The van der Waals surface area contributed by atoms with Crippen LogP contribution in [0.2, 0.25) is 0 Å². The molecule has 0 atom stereocenters. The van der Waals surface area contributed by atoms with Crippen LogP contribution >= 0.6 is 11.8 Å². The summed E-state index contributed by atoms with van der Waals surface area (Å²) in [6.07, 6.45) is 9.39. The lowest BCUT2D eigenvalue weighted by atomic mass is 10.1. The van der Waals surface area contributed by atoms with Crippen molar-refractivity contribution in [2.45, 2.75) is 50.3 Å². The molecule has 158 valence electrons. The summed E-state index contributed by atoms with van der Waals surface area (Å²) in [7, 11) is 0. The highest BCUT2D eigenvalue weighted by Crippen LogP contribution is 2.15. The summed E-state index contributed by atoms with van der Waals surface area (Å²) >= 11 is 1.60. The number of hydrogen-bond donors (Lipinski definition) is 2. The van der Waals surface area contributed by atoms with Crippen LogP contribution in [0.1, 0.15) is 66.2 Å². The van der Waals surface area contributed by atoms with Crippen LogP contribution in [0.15, 0.2) is 53.4 Å². The zero-order valence-electron chi connectivity index (χ0n) is 17.1. The van der Waals surface area contributed by atoms with Crippen LogP contribution in [0.4, 0.5) is 0 Å². The summed E-state index contributed by atoms with van der Waals surface area (Å²) < 4.78 is 5.55. The Balaban J connectivity index is 0.000000326. The van der Waals surface area contributed by atoms with Gasteiger partial charge in [0.05, 0.1) is 17.7 Å². The summed E-state index contributed by atoms with van der Waals surface area (Å²) in [5.74, 6) is -1.04. The van der Waals surface area contributed by atoms with E-state index in [1.165, 1.54) is 32.1 Å². The molecule has 0 amide bonds. The molecule has 0 aliphatic rings. The monoisotopic (exact) mass is 418 g/mol. The van der Waals surface area contributed by atoms with Crippen molar-refractivity contribution >= 4 is 23.7 Å². The first-order valence-corrected chi connectivity index (χ1v) is 11.0. The first-order chi connectivity index (χ1) is 14.0. The molecule has 0 saturated heterocycles. The van der Waals surface area contributed by atoms with E-state index < -0.39 is 11.9 Å². The number of ether oxygens (including phenoxy) is 1. The first-order valence-electron chi connectivity index (χ1n) is 9.81. The van der Waals surface area contributed by atoms with Crippen molar-refractivity contribution in [1.82, 2.24) is 0 Å². The van der Waals surface area contributed by atoms with Gasteiger partial charge in [0.25, 0.3) is 0 Å². The SMILES string of the molecule is CCCCCCCCOc1ccc(C(=O)O)cc1.CSc1ccc(C(=O)O)cc1. The summed E-state index contributed by atoms with van der Waals surface area (Å²) in [5, 5.41) is 17.3. The quantitative estimate of drug-likeness (QED) is 0.332. The van der Waals surface area contributed by atoms with Gasteiger partial charge < -0.3 is 14.9 Å². The number of carboxylic acid groups (broad SMARTS) is 2. The predicted octanol–water partition coefficient (Wildman–Crippen LogP) is 6.23. The molecular weight excluding hydrogens is 388 g/mol. The fourth-order valence-electron chi connectivity index (χ4n) is 2.50. The molecule has 0 aliphatic heterocycles. The van der Waals surface area contributed by atoms with Crippen molar-refractivity contribution in [1.29, 1.82) is 0 Å². The van der Waals surface area contributed by atoms with Crippen LogP contribution in [0.5, 0.6) is 5.75 Å². The Bertz CT molecular complexity index is 726. The van der Waals surface area contributed by atoms with Crippen LogP contribution in [0.25, 0.3) is 0 Å². The highest BCUT2D eigenvalue weighted by molar-refractivity contribution is 7.98. The fraction of sp³-hybridized carbons (Fsp3) is 0.391. The minimum atomic E-state index is -0.905. The van der Waals surface area contributed by atoms with Gasteiger partial charge in [-0.1, -0.05) is 39.0 Å². The summed E-state index contributed by atoms with van der Waals surface area (Å²) in [6.45, 7) is 2.92. The molecule has 2 aromatic rings. The predicted molar refractivity (Wildman–Crippen MR) is 117 cm³/mol. The summed E-state index contributed by atoms with van der Waals surface area (Å²) in [6, 6.07) is 13.4. The molecule has 0 saturated carbocycles. The lowest BCUT2D eigenvalue weighted by Crippen LogP contribution is -1.99. The molecule has 0 fully saturated rings. The maximum absolute atomic E-state index is 10.7. The van der Waals surface area contributed by atoms with Gasteiger partial charge in [-0.3, -0.25) is 0 Å². The van der Waals surface area contributed by atoms with Gasteiger partial charge >= 0.3 is 11.9 Å². The Hall–Kier alpha value is -2.47. The van der Waals surface area contributed by atoms with Crippen molar-refractivity contribution in [3.8, 4) is 5.75 Å². The Morgan fingerprint density at radius 2 is 1.28 bits per heavy atom. The molecule has 0 aromatic heterocycles. The molecular formula is C23H30O5S. The maximum Gasteiger partial charge on any atom is 0.335 e. The third kappa shape index (κ3) is 10.6. The minimum absolute atomic E-state index is 0.293. The Morgan fingerprint density at radius 1 is 0.793 bits per heavy atom. The van der Waals surface area contributed by atoms with E-state index in [9.17, 15) is 9.59 Å². The van der Waals surface area contributed by atoms with Crippen molar-refractivity contribution in [2.24, 2.45) is 0 Å². The largest absolute Gasteiger partial charge is 0.494 e.